The molecule has 2 aromatic rings. The van der Waals surface area contributed by atoms with Gasteiger partial charge in [0, 0.05) is 5.02 Å². The highest BCUT2D eigenvalue weighted by molar-refractivity contribution is 6.30. The summed E-state index contributed by atoms with van der Waals surface area (Å²) in [7, 11) is 0. The molecule has 0 bridgehead atoms. The lowest BCUT2D eigenvalue weighted by atomic mass is 9.91. The number of nitrogens with one attached hydrogen (secondary N) is 1. The monoisotopic (exact) mass is 312 g/mol. The third-order valence-corrected chi connectivity index (χ3v) is 4.40. The summed E-state index contributed by atoms with van der Waals surface area (Å²) >= 11 is 6.15. The first kappa shape index (κ1) is 14.8. The Hall–Kier alpha value is -2.12. The second-order valence-electron chi connectivity index (χ2n) is 5.64. The van der Waals surface area contributed by atoms with Gasteiger partial charge in [-0.05, 0) is 48.6 Å². The SMILES string of the molecule is N#Cc1ccc(NC(c2cccc(Cl)c2)C2CCCC2)nn1. The number of aromatic nitrogens is 2. The summed E-state index contributed by atoms with van der Waals surface area (Å²) < 4.78 is 0. The molecular weight excluding hydrogens is 296 g/mol. The molecule has 1 N–H and O–H groups in total. The van der Waals surface area contributed by atoms with Crippen LogP contribution in [0.5, 0.6) is 0 Å². The Kier molecular flexibility index (Phi) is 4.55. The smallest absolute Gasteiger partial charge is 0.163 e. The fraction of sp³-hybridized carbons (Fsp3) is 0.353. The zero-order valence-corrected chi connectivity index (χ0v) is 12.9. The minimum atomic E-state index is 0.170. The van der Waals surface area contributed by atoms with Crippen molar-refractivity contribution >= 4 is 17.4 Å². The van der Waals surface area contributed by atoms with Crippen LogP contribution in [0, 0.1) is 17.2 Å². The molecule has 1 unspecified atom stereocenters. The van der Waals surface area contributed by atoms with Crippen LogP contribution in [0.25, 0.3) is 0 Å². The van der Waals surface area contributed by atoms with Gasteiger partial charge in [-0.1, -0.05) is 36.6 Å². The van der Waals surface area contributed by atoms with Gasteiger partial charge in [-0.15, -0.1) is 10.2 Å². The van der Waals surface area contributed by atoms with Gasteiger partial charge in [0.1, 0.15) is 11.9 Å². The molecule has 1 fully saturated rings. The summed E-state index contributed by atoms with van der Waals surface area (Å²) in [6.45, 7) is 0. The Balaban J connectivity index is 1.86. The Bertz CT molecular complexity index is 672. The minimum absolute atomic E-state index is 0.170. The molecule has 0 radical (unpaired) electrons. The topological polar surface area (TPSA) is 61.6 Å². The lowest BCUT2D eigenvalue weighted by Crippen LogP contribution is -2.20. The highest BCUT2D eigenvalue weighted by Gasteiger charge is 2.26. The van der Waals surface area contributed by atoms with E-state index in [0.29, 0.717) is 17.4 Å². The van der Waals surface area contributed by atoms with E-state index in [1.165, 1.54) is 31.2 Å². The summed E-state index contributed by atoms with van der Waals surface area (Å²) in [5.74, 6) is 1.26. The Morgan fingerprint density at radius 2 is 2.00 bits per heavy atom. The maximum atomic E-state index is 8.80. The molecule has 1 aromatic heterocycles. The number of nitriles is 1. The standard InChI is InChI=1S/C17H17ClN4/c18-14-7-3-6-13(10-14)17(12-4-1-2-5-12)20-16-9-8-15(11-19)21-22-16/h3,6-10,12,17H,1-2,4-5H2,(H,20,22). The molecule has 112 valence electrons. The van der Waals surface area contributed by atoms with Crippen LogP contribution in [0.2, 0.25) is 5.02 Å². The number of rotatable bonds is 4. The third-order valence-electron chi connectivity index (χ3n) is 4.16. The number of nitrogens with zero attached hydrogens (tertiary/aromatic N) is 3. The number of hydrogen-bond acceptors (Lipinski definition) is 4. The van der Waals surface area contributed by atoms with E-state index in [2.05, 4.69) is 21.6 Å². The average molecular weight is 313 g/mol. The van der Waals surface area contributed by atoms with Crippen molar-refractivity contribution in [1.82, 2.24) is 10.2 Å². The minimum Gasteiger partial charge on any atom is -0.361 e. The molecular formula is C17H17ClN4. The first-order chi connectivity index (χ1) is 10.8. The van der Waals surface area contributed by atoms with Gasteiger partial charge in [0.05, 0.1) is 6.04 Å². The van der Waals surface area contributed by atoms with Crippen LogP contribution in [0.3, 0.4) is 0 Å². The number of benzene rings is 1. The maximum absolute atomic E-state index is 8.80. The molecule has 1 saturated carbocycles. The predicted octanol–water partition coefficient (Wildman–Crippen LogP) is 4.35. The lowest BCUT2D eigenvalue weighted by Gasteiger charge is -2.25. The molecule has 0 aliphatic heterocycles. The lowest BCUT2D eigenvalue weighted by molar-refractivity contribution is 0.468. The zero-order chi connectivity index (χ0) is 15.4. The Labute approximate surface area is 135 Å². The van der Waals surface area contributed by atoms with E-state index in [4.69, 9.17) is 16.9 Å². The molecule has 0 spiro atoms. The van der Waals surface area contributed by atoms with Gasteiger partial charge < -0.3 is 5.32 Å². The van der Waals surface area contributed by atoms with Gasteiger partial charge in [0.25, 0.3) is 0 Å². The summed E-state index contributed by atoms with van der Waals surface area (Å²) in [6, 6.07) is 13.6. The van der Waals surface area contributed by atoms with Crippen molar-refractivity contribution in [2.75, 3.05) is 5.32 Å². The Morgan fingerprint density at radius 1 is 1.18 bits per heavy atom. The average Bonchev–Trinajstić information content (AvgIpc) is 3.07. The molecule has 0 saturated heterocycles. The first-order valence-electron chi connectivity index (χ1n) is 7.52. The molecule has 22 heavy (non-hydrogen) atoms. The summed E-state index contributed by atoms with van der Waals surface area (Å²) in [4.78, 5) is 0. The molecule has 5 heteroatoms. The van der Waals surface area contributed by atoms with Crippen LogP contribution in [0.4, 0.5) is 5.82 Å². The summed E-state index contributed by atoms with van der Waals surface area (Å²) in [5, 5.41) is 21.0. The quantitative estimate of drug-likeness (QED) is 0.912. The summed E-state index contributed by atoms with van der Waals surface area (Å²) in [6.07, 6.45) is 4.94. The van der Waals surface area contributed by atoms with Crippen LogP contribution in [0.15, 0.2) is 36.4 Å². The molecule has 1 aromatic carbocycles. The normalized spacial score (nSPS) is 16.2. The fourth-order valence-electron chi connectivity index (χ4n) is 3.09. The van der Waals surface area contributed by atoms with Crippen LogP contribution in [-0.4, -0.2) is 10.2 Å². The van der Waals surface area contributed by atoms with E-state index in [1.807, 2.05) is 24.3 Å². The summed E-state index contributed by atoms with van der Waals surface area (Å²) in [5.41, 5.74) is 1.50. The molecule has 0 amide bonds. The van der Waals surface area contributed by atoms with Crippen molar-refractivity contribution in [3.8, 4) is 6.07 Å². The van der Waals surface area contributed by atoms with Gasteiger partial charge in [-0.25, -0.2) is 0 Å². The molecule has 1 aliphatic rings. The van der Waals surface area contributed by atoms with E-state index >= 15 is 0 Å². The zero-order valence-electron chi connectivity index (χ0n) is 12.2. The van der Waals surface area contributed by atoms with Crippen molar-refractivity contribution in [1.29, 1.82) is 5.26 Å². The van der Waals surface area contributed by atoms with Crippen molar-refractivity contribution in [3.05, 3.63) is 52.7 Å². The van der Waals surface area contributed by atoms with E-state index in [0.717, 1.165) is 5.02 Å². The van der Waals surface area contributed by atoms with Gasteiger partial charge in [-0.2, -0.15) is 5.26 Å². The molecule has 4 nitrogen and oxygen atoms in total. The number of halogens is 1. The highest BCUT2D eigenvalue weighted by atomic mass is 35.5. The second kappa shape index (κ2) is 6.76. The van der Waals surface area contributed by atoms with Crippen LogP contribution < -0.4 is 5.32 Å². The molecule has 1 aliphatic carbocycles. The predicted molar refractivity (Wildman–Crippen MR) is 86.5 cm³/mol. The van der Waals surface area contributed by atoms with Crippen LogP contribution in [0.1, 0.15) is 43.0 Å². The van der Waals surface area contributed by atoms with E-state index in [1.54, 1.807) is 12.1 Å². The molecule has 1 atom stereocenters. The van der Waals surface area contributed by atoms with Crippen LogP contribution in [-0.2, 0) is 0 Å². The van der Waals surface area contributed by atoms with Gasteiger partial charge >= 0.3 is 0 Å². The van der Waals surface area contributed by atoms with Crippen LogP contribution >= 0.6 is 11.6 Å². The fourth-order valence-corrected chi connectivity index (χ4v) is 3.29. The molecule has 3 rings (SSSR count). The van der Waals surface area contributed by atoms with Crippen molar-refractivity contribution in [2.24, 2.45) is 5.92 Å². The third kappa shape index (κ3) is 3.37. The number of anilines is 1. The van der Waals surface area contributed by atoms with E-state index in [-0.39, 0.29) is 6.04 Å². The first-order valence-corrected chi connectivity index (χ1v) is 7.90. The van der Waals surface area contributed by atoms with Gasteiger partial charge in [0.15, 0.2) is 5.69 Å². The Morgan fingerprint density at radius 3 is 2.64 bits per heavy atom. The maximum Gasteiger partial charge on any atom is 0.163 e. The molecule has 1 heterocycles. The van der Waals surface area contributed by atoms with Gasteiger partial charge in [0.2, 0.25) is 0 Å². The van der Waals surface area contributed by atoms with Crippen molar-refractivity contribution < 1.29 is 0 Å². The van der Waals surface area contributed by atoms with E-state index < -0.39 is 0 Å². The van der Waals surface area contributed by atoms with Gasteiger partial charge in [-0.3, -0.25) is 0 Å². The van der Waals surface area contributed by atoms with Crippen molar-refractivity contribution in [3.63, 3.8) is 0 Å². The van der Waals surface area contributed by atoms with Crippen molar-refractivity contribution in [2.45, 2.75) is 31.7 Å². The highest BCUT2D eigenvalue weighted by Crippen LogP contribution is 2.38. The number of hydrogen-bond donors (Lipinski definition) is 1. The second-order valence-corrected chi connectivity index (χ2v) is 6.07. The largest absolute Gasteiger partial charge is 0.361 e. The van der Waals surface area contributed by atoms with E-state index in [9.17, 15) is 0 Å².